The summed E-state index contributed by atoms with van der Waals surface area (Å²) in [4.78, 5) is 10.7. The van der Waals surface area contributed by atoms with Crippen LogP contribution >= 0.6 is 0 Å². The van der Waals surface area contributed by atoms with Crippen LogP contribution in [-0.4, -0.2) is 42.5 Å². The van der Waals surface area contributed by atoms with Gasteiger partial charge in [0.15, 0.2) is 5.65 Å². The van der Waals surface area contributed by atoms with Crippen LogP contribution in [0.1, 0.15) is 32.2 Å². The number of para-hydroxylation sites is 1. The average Bonchev–Trinajstić information content (AvgIpc) is 3.26. The molecule has 1 aliphatic heterocycles. The predicted molar refractivity (Wildman–Crippen MR) is 132 cm³/mol. The van der Waals surface area contributed by atoms with Crippen LogP contribution in [0.25, 0.3) is 22.3 Å². The van der Waals surface area contributed by atoms with Crippen LogP contribution in [0, 0.1) is 0 Å². The number of nitrogen functional groups attached to an aromatic ring is 1. The molecule has 34 heavy (non-hydrogen) atoms. The molecule has 0 amide bonds. The lowest BCUT2D eigenvalue weighted by Crippen LogP contribution is -2.43. The largest absolute Gasteiger partial charge is 0.457 e. The third kappa shape index (κ3) is 4.08. The Labute approximate surface area is 198 Å². The lowest BCUT2D eigenvalue weighted by molar-refractivity contribution is -0.0187. The molecule has 8 nitrogen and oxygen atoms in total. The summed E-state index contributed by atoms with van der Waals surface area (Å²) in [7, 11) is 0. The molecule has 0 bridgehead atoms. The average molecular weight is 457 g/mol. The van der Waals surface area contributed by atoms with Crippen LogP contribution in [0.5, 0.6) is 11.5 Å². The van der Waals surface area contributed by atoms with Crippen LogP contribution in [0.4, 0.5) is 5.82 Å². The van der Waals surface area contributed by atoms with Crippen LogP contribution in [0.2, 0.25) is 0 Å². The molecule has 0 radical (unpaired) electrons. The minimum atomic E-state index is -0.526. The van der Waals surface area contributed by atoms with E-state index in [-0.39, 0.29) is 6.04 Å². The quantitative estimate of drug-likeness (QED) is 0.432. The number of rotatable bonds is 6. The molecule has 1 saturated heterocycles. The Hall–Kier alpha value is -3.91. The van der Waals surface area contributed by atoms with E-state index < -0.39 is 6.23 Å². The maximum absolute atomic E-state index is 10.5. The molecule has 1 fully saturated rings. The first-order chi connectivity index (χ1) is 16.5. The number of allylic oxidation sites excluding steroid dienone is 1. The number of likely N-dealkylation sites (tertiary alicyclic amines) is 1. The number of ether oxygens (including phenoxy) is 1. The summed E-state index contributed by atoms with van der Waals surface area (Å²) in [6.45, 7) is 6.77. The van der Waals surface area contributed by atoms with Crippen molar-refractivity contribution in [2.24, 2.45) is 0 Å². The van der Waals surface area contributed by atoms with Gasteiger partial charge in [0.25, 0.3) is 0 Å². The predicted octanol–water partition coefficient (Wildman–Crippen LogP) is 4.75. The Bertz CT molecular complexity index is 1300. The number of anilines is 1. The molecule has 3 N–H and O–H groups in total. The maximum atomic E-state index is 10.5. The highest BCUT2D eigenvalue weighted by Gasteiger charge is 2.31. The van der Waals surface area contributed by atoms with E-state index >= 15 is 0 Å². The summed E-state index contributed by atoms with van der Waals surface area (Å²) in [5.74, 6) is 1.90. The molecule has 8 heteroatoms. The summed E-state index contributed by atoms with van der Waals surface area (Å²) < 4.78 is 7.85. The second-order valence-electron chi connectivity index (χ2n) is 8.47. The van der Waals surface area contributed by atoms with Gasteiger partial charge in [0.2, 0.25) is 0 Å². The highest BCUT2D eigenvalue weighted by atomic mass is 16.5. The molecule has 5 rings (SSSR count). The van der Waals surface area contributed by atoms with E-state index in [2.05, 4.69) is 16.5 Å². The summed E-state index contributed by atoms with van der Waals surface area (Å²) in [5, 5.41) is 16.2. The van der Waals surface area contributed by atoms with E-state index in [0.29, 0.717) is 24.4 Å². The van der Waals surface area contributed by atoms with Crippen LogP contribution in [-0.2, 0) is 0 Å². The lowest BCUT2D eigenvalue weighted by atomic mass is 10.0. The Morgan fingerprint density at radius 3 is 2.56 bits per heavy atom. The number of piperidine rings is 1. The van der Waals surface area contributed by atoms with Gasteiger partial charge in [-0.2, -0.15) is 5.10 Å². The van der Waals surface area contributed by atoms with E-state index in [1.54, 1.807) is 0 Å². The smallest absolute Gasteiger partial charge is 0.164 e. The van der Waals surface area contributed by atoms with Gasteiger partial charge in [-0.25, -0.2) is 14.6 Å². The third-order valence-electron chi connectivity index (χ3n) is 6.31. The highest BCUT2D eigenvalue weighted by molar-refractivity contribution is 5.98. The number of fused-ring (bicyclic) bond motifs is 1. The zero-order valence-corrected chi connectivity index (χ0v) is 19.1. The van der Waals surface area contributed by atoms with Gasteiger partial charge in [0.05, 0.1) is 11.4 Å². The fourth-order valence-corrected chi connectivity index (χ4v) is 4.44. The second-order valence-corrected chi connectivity index (χ2v) is 8.47. The lowest BCUT2D eigenvalue weighted by Gasteiger charge is -2.39. The van der Waals surface area contributed by atoms with Crippen molar-refractivity contribution >= 4 is 16.9 Å². The van der Waals surface area contributed by atoms with Gasteiger partial charge in [-0.05, 0) is 55.7 Å². The number of aliphatic hydroxyl groups is 1. The summed E-state index contributed by atoms with van der Waals surface area (Å²) in [5.41, 5.74) is 9.53. The molecule has 2 atom stereocenters. The Morgan fingerprint density at radius 1 is 1.09 bits per heavy atom. The van der Waals surface area contributed by atoms with E-state index in [4.69, 9.17) is 15.6 Å². The molecule has 2 aromatic carbocycles. The van der Waals surface area contributed by atoms with Gasteiger partial charge in [-0.3, -0.25) is 0 Å². The molecular weight excluding hydrogens is 428 g/mol. The first-order valence-electron chi connectivity index (χ1n) is 11.5. The number of aromatic nitrogens is 4. The first-order valence-corrected chi connectivity index (χ1v) is 11.5. The summed E-state index contributed by atoms with van der Waals surface area (Å²) >= 11 is 0. The fourth-order valence-electron chi connectivity index (χ4n) is 4.44. The molecule has 2 unspecified atom stereocenters. The molecule has 4 aromatic rings. The molecule has 0 aliphatic carbocycles. The highest BCUT2D eigenvalue weighted by Crippen LogP contribution is 2.36. The van der Waals surface area contributed by atoms with Crippen molar-refractivity contribution in [2.75, 3.05) is 12.3 Å². The van der Waals surface area contributed by atoms with Gasteiger partial charge in [0.1, 0.15) is 35.6 Å². The first kappa shape index (κ1) is 21.9. The Morgan fingerprint density at radius 2 is 1.82 bits per heavy atom. The van der Waals surface area contributed by atoms with Gasteiger partial charge < -0.3 is 20.5 Å². The van der Waals surface area contributed by atoms with Crippen molar-refractivity contribution in [2.45, 2.75) is 38.5 Å². The van der Waals surface area contributed by atoms with E-state index in [1.807, 2.05) is 71.1 Å². The minimum absolute atomic E-state index is 0.0259. The van der Waals surface area contributed by atoms with E-state index in [9.17, 15) is 5.11 Å². The standard InChI is InChI=1S/C26H28N6O2/c1-3-17(2)31-15-19(11-14-22(31)33)32-26-23(25(27)28-16-29-26)24(30-32)18-9-12-21(13-10-18)34-20-7-5-4-6-8-20/h4-10,12-13,16,19,22,33H,2-3,11,14-15H2,1H3,(H2,27,28,29). The van der Waals surface area contributed by atoms with Crippen molar-refractivity contribution in [1.29, 1.82) is 0 Å². The fraction of sp³-hybridized carbons (Fsp3) is 0.269. The van der Waals surface area contributed by atoms with Crippen LogP contribution in [0.15, 0.2) is 73.2 Å². The Balaban J connectivity index is 1.50. The molecule has 3 heterocycles. The number of hydrogen-bond donors (Lipinski definition) is 2. The van der Waals surface area contributed by atoms with Gasteiger partial charge in [0, 0.05) is 17.8 Å². The second kappa shape index (κ2) is 9.15. The van der Waals surface area contributed by atoms with Crippen molar-refractivity contribution in [1.82, 2.24) is 24.6 Å². The molecule has 0 spiro atoms. The molecular formula is C26H28N6O2. The molecule has 2 aromatic heterocycles. The normalized spacial score (nSPS) is 18.2. The van der Waals surface area contributed by atoms with Crippen molar-refractivity contribution in [3.8, 4) is 22.8 Å². The third-order valence-corrected chi connectivity index (χ3v) is 6.31. The zero-order chi connectivity index (χ0) is 23.7. The van der Waals surface area contributed by atoms with Gasteiger partial charge in [-0.15, -0.1) is 0 Å². The maximum Gasteiger partial charge on any atom is 0.164 e. The Kier molecular flexibility index (Phi) is 5.90. The van der Waals surface area contributed by atoms with Crippen LogP contribution in [0.3, 0.4) is 0 Å². The molecule has 1 aliphatic rings. The number of aliphatic hydroxyl groups excluding tert-OH is 1. The monoisotopic (exact) mass is 456 g/mol. The van der Waals surface area contributed by atoms with Crippen molar-refractivity contribution in [3.63, 3.8) is 0 Å². The number of benzene rings is 2. The van der Waals surface area contributed by atoms with Gasteiger partial charge >= 0.3 is 0 Å². The van der Waals surface area contributed by atoms with Crippen molar-refractivity contribution < 1.29 is 9.84 Å². The van der Waals surface area contributed by atoms with E-state index in [0.717, 1.165) is 46.7 Å². The zero-order valence-electron chi connectivity index (χ0n) is 19.1. The van der Waals surface area contributed by atoms with Crippen LogP contribution < -0.4 is 10.5 Å². The van der Waals surface area contributed by atoms with Crippen molar-refractivity contribution in [3.05, 3.63) is 73.2 Å². The number of nitrogens with zero attached hydrogens (tertiary/aromatic N) is 5. The molecule has 174 valence electrons. The topological polar surface area (TPSA) is 102 Å². The number of hydrogen-bond acceptors (Lipinski definition) is 7. The minimum Gasteiger partial charge on any atom is -0.457 e. The summed E-state index contributed by atoms with van der Waals surface area (Å²) in [6, 6.07) is 17.4. The van der Waals surface area contributed by atoms with E-state index in [1.165, 1.54) is 6.33 Å². The number of nitrogens with two attached hydrogens (primary N) is 1. The summed E-state index contributed by atoms with van der Waals surface area (Å²) in [6.07, 6.45) is 3.13. The van der Waals surface area contributed by atoms with Gasteiger partial charge in [-0.1, -0.05) is 31.7 Å². The SMILES string of the molecule is C=C(CC)N1CC(n2nc(-c3ccc(Oc4ccccc4)cc3)c3c(N)ncnc32)CCC1O. The molecule has 0 saturated carbocycles.